The van der Waals surface area contributed by atoms with Crippen molar-refractivity contribution >= 4 is 11.8 Å². The fourth-order valence-electron chi connectivity index (χ4n) is 4.32. The zero-order valence-corrected chi connectivity index (χ0v) is 17.0. The second kappa shape index (κ2) is 8.74. The topological polar surface area (TPSA) is 23.8 Å². The molecule has 0 amide bonds. The summed E-state index contributed by atoms with van der Waals surface area (Å²) in [6.45, 7) is 0. The molecular weight excluding hydrogens is 410 g/mol. The van der Waals surface area contributed by atoms with Crippen molar-refractivity contribution in [3.63, 3.8) is 0 Å². The van der Waals surface area contributed by atoms with E-state index in [-0.39, 0.29) is 11.8 Å². The summed E-state index contributed by atoms with van der Waals surface area (Å²) < 4.78 is 56.1. The molecule has 0 radical (unpaired) electrons. The van der Waals surface area contributed by atoms with Gasteiger partial charge in [-0.15, -0.1) is 0 Å². The highest BCUT2D eigenvalue weighted by Crippen LogP contribution is 2.47. The number of hydrogen-bond acceptors (Lipinski definition) is 2. The minimum atomic E-state index is -1.61. The number of halogens is 4. The number of hydrogen-bond donors (Lipinski definition) is 0. The van der Waals surface area contributed by atoms with Crippen LogP contribution in [0.5, 0.6) is 0 Å². The molecule has 0 unspecified atom stereocenters. The van der Waals surface area contributed by atoms with E-state index in [1.807, 2.05) is 12.1 Å². The lowest BCUT2D eigenvalue weighted by atomic mass is 9.77. The van der Waals surface area contributed by atoms with Crippen LogP contribution in [0.1, 0.15) is 61.1 Å². The summed E-state index contributed by atoms with van der Waals surface area (Å²) in [7, 11) is 0. The van der Waals surface area contributed by atoms with E-state index in [1.54, 1.807) is 12.1 Å². The van der Waals surface area contributed by atoms with Crippen LogP contribution in [0, 0.1) is 57.6 Å². The molecular formula is C24H19F4NS. The van der Waals surface area contributed by atoms with Gasteiger partial charge in [-0.25, -0.2) is 17.6 Å². The first-order valence-electron chi connectivity index (χ1n) is 10.0. The molecule has 30 heavy (non-hydrogen) atoms. The van der Waals surface area contributed by atoms with Crippen molar-refractivity contribution < 1.29 is 17.6 Å². The Morgan fingerprint density at radius 1 is 0.733 bits per heavy atom. The van der Waals surface area contributed by atoms with Crippen molar-refractivity contribution in [2.45, 2.75) is 49.3 Å². The minimum absolute atomic E-state index is 0.0275. The maximum absolute atomic E-state index is 14.1. The average molecular weight is 429 g/mol. The quantitative estimate of drug-likeness (QED) is 0.174. The maximum Gasteiger partial charge on any atom is 0.178 e. The predicted molar refractivity (Wildman–Crippen MR) is 108 cm³/mol. The third-order valence-corrected chi connectivity index (χ3v) is 6.80. The third kappa shape index (κ3) is 4.20. The van der Waals surface area contributed by atoms with E-state index in [1.165, 1.54) is 49.5 Å². The zero-order valence-electron chi connectivity index (χ0n) is 16.2. The van der Waals surface area contributed by atoms with Crippen molar-refractivity contribution in [1.82, 2.24) is 0 Å². The zero-order chi connectivity index (χ0) is 21.3. The van der Waals surface area contributed by atoms with Gasteiger partial charge in [0, 0.05) is 5.56 Å². The van der Waals surface area contributed by atoms with Crippen LogP contribution in [0.15, 0.2) is 29.2 Å². The highest BCUT2D eigenvalue weighted by molar-refractivity contribution is 8.03. The smallest absolute Gasteiger partial charge is 0.178 e. The minimum Gasteiger partial charge on any atom is -0.202 e. The second-order valence-electron chi connectivity index (χ2n) is 7.97. The third-order valence-electron chi connectivity index (χ3n) is 6.15. The first-order valence-corrected chi connectivity index (χ1v) is 10.8. The van der Waals surface area contributed by atoms with E-state index in [4.69, 9.17) is 5.26 Å². The van der Waals surface area contributed by atoms with Crippen molar-refractivity contribution in [2.75, 3.05) is 0 Å². The Balaban J connectivity index is 1.50. The van der Waals surface area contributed by atoms with Gasteiger partial charge in [-0.1, -0.05) is 24.0 Å². The van der Waals surface area contributed by atoms with Crippen LogP contribution in [0.4, 0.5) is 17.6 Å². The van der Waals surface area contributed by atoms with E-state index in [0.717, 1.165) is 11.8 Å². The summed E-state index contributed by atoms with van der Waals surface area (Å²) in [4.78, 5) is -1.00. The Bertz CT molecular complexity index is 1020. The predicted octanol–water partition coefficient (Wildman–Crippen LogP) is 6.90. The summed E-state index contributed by atoms with van der Waals surface area (Å²) in [6.07, 6.45) is 7.66. The van der Waals surface area contributed by atoms with Gasteiger partial charge < -0.3 is 0 Å². The molecule has 1 nitrogen and oxygen atoms in total. The molecule has 2 fully saturated rings. The summed E-state index contributed by atoms with van der Waals surface area (Å²) in [6, 6.07) is 7.45. The fourth-order valence-corrected chi connectivity index (χ4v) is 4.77. The van der Waals surface area contributed by atoms with E-state index in [2.05, 4.69) is 11.8 Å². The molecule has 2 aliphatic carbocycles. The Kier molecular flexibility index (Phi) is 6.06. The normalized spacial score (nSPS) is 20.9. The first-order chi connectivity index (χ1) is 14.5. The van der Waals surface area contributed by atoms with Crippen LogP contribution in [-0.4, -0.2) is 0 Å². The molecule has 0 atom stereocenters. The van der Waals surface area contributed by atoms with Crippen LogP contribution in [0.2, 0.25) is 0 Å². The number of thiocyanates is 1. The average Bonchev–Trinajstić information content (AvgIpc) is 3.61. The number of nitrogens with zero attached hydrogens (tertiary/aromatic N) is 1. The van der Waals surface area contributed by atoms with Crippen LogP contribution >= 0.6 is 11.8 Å². The Morgan fingerprint density at radius 2 is 1.27 bits per heavy atom. The molecule has 0 aliphatic heterocycles. The monoisotopic (exact) mass is 429 g/mol. The van der Waals surface area contributed by atoms with Crippen molar-refractivity contribution in [2.24, 2.45) is 11.8 Å². The molecule has 0 bridgehead atoms. The number of benzene rings is 2. The molecule has 2 aliphatic rings. The Labute approximate surface area is 177 Å². The van der Waals surface area contributed by atoms with Gasteiger partial charge in [0.15, 0.2) is 23.3 Å². The number of thioether (sulfide) groups is 1. The molecule has 2 saturated carbocycles. The lowest BCUT2D eigenvalue weighted by Gasteiger charge is -2.28. The molecule has 0 spiro atoms. The van der Waals surface area contributed by atoms with Gasteiger partial charge in [-0.05, 0) is 85.7 Å². The van der Waals surface area contributed by atoms with Gasteiger partial charge in [0.1, 0.15) is 11.0 Å². The van der Waals surface area contributed by atoms with E-state index < -0.39 is 33.7 Å². The lowest BCUT2D eigenvalue weighted by Crippen LogP contribution is -2.14. The second-order valence-corrected chi connectivity index (χ2v) is 8.77. The molecule has 0 aromatic heterocycles. The largest absolute Gasteiger partial charge is 0.202 e. The molecule has 0 heterocycles. The van der Waals surface area contributed by atoms with Crippen LogP contribution < -0.4 is 0 Å². The van der Waals surface area contributed by atoms with E-state index in [9.17, 15) is 17.6 Å². The van der Waals surface area contributed by atoms with Gasteiger partial charge in [-0.3, -0.25) is 0 Å². The van der Waals surface area contributed by atoms with Crippen molar-refractivity contribution in [3.05, 3.63) is 64.2 Å². The van der Waals surface area contributed by atoms with Crippen LogP contribution in [-0.2, 0) is 0 Å². The van der Waals surface area contributed by atoms with Crippen molar-refractivity contribution in [1.29, 1.82) is 5.26 Å². The molecule has 0 N–H and O–H groups in total. The van der Waals surface area contributed by atoms with Gasteiger partial charge in [0.05, 0.1) is 4.90 Å². The van der Waals surface area contributed by atoms with Crippen LogP contribution in [0.25, 0.3) is 0 Å². The van der Waals surface area contributed by atoms with E-state index >= 15 is 0 Å². The number of rotatable bonds is 3. The van der Waals surface area contributed by atoms with Gasteiger partial charge in [0.2, 0.25) is 0 Å². The molecule has 4 rings (SSSR count). The first kappa shape index (κ1) is 20.8. The molecule has 6 heteroatoms. The van der Waals surface area contributed by atoms with E-state index in [0.29, 0.717) is 11.5 Å². The SMILES string of the molecule is N#CSc1c(F)c(F)c(C#Cc2ccc(C3CCC(C4CC4)CC3)cc2)c(F)c1F. The number of nitriles is 1. The molecule has 0 saturated heterocycles. The highest BCUT2D eigenvalue weighted by atomic mass is 32.2. The summed E-state index contributed by atoms with van der Waals surface area (Å²) in [5, 5.41) is 9.94. The summed E-state index contributed by atoms with van der Waals surface area (Å²) in [5.41, 5.74) is 0.748. The van der Waals surface area contributed by atoms with Crippen molar-refractivity contribution in [3.8, 4) is 17.2 Å². The lowest BCUT2D eigenvalue weighted by molar-refractivity contribution is 0.296. The molecule has 154 valence electrons. The summed E-state index contributed by atoms with van der Waals surface area (Å²) in [5.74, 6) is 0.721. The van der Waals surface area contributed by atoms with Crippen LogP contribution in [0.3, 0.4) is 0 Å². The Morgan fingerprint density at radius 3 is 1.77 bits per heavy atom. The molecule has 2 aromatic carbocycles. The summed E-state index contributed by atoms with van der Waals surface area (Å²) >= 11 is 0.0275. The maximum atomic E-state index is 14.1. The molecule has 2 aromatic rings. The Hall–Kier alpha value is -2.44. The fraction of sp³-hybridized carbons (Fsp3) is 0.375. The standard InChI is InChI=1S/C24H19F4NS/c25-20-19(21(26)23(28)24(22(20)27)30-13-29)12-3-14-1-4-15(5-2-14)16-6-8-17(9-7-16)18-10-11-18/h1-2,4-5,16-18H,6-11H2. The highest BCUT2D eigenvalue weighted by Gasteiger charge is 2.34. The van der Waals surface area contributed by atoms with Gasteiger partial charge in [0.25, 0.3) is 0 Å². The van der Waals surface area contributed by atoms with Gasteiger partial charge >= 0.3 is 0 Å². The van der Waals surface area contributed by atoms with Gasteiger partial charge in [-0.2, -0.15) is 5.26 Å².